The predicted octanol–water partition coefficient (Wildman–Crippen LogP) is 3.89. The van der Waals surface area contributed by atoms with Gasteiger partial charge in [-0.05, 0) is 70.2 Å². The molecule has 1 fully saturated rings. The molecule has 0 amide bonds. The number of aryl methyl sites for hydroxylation is 1. The fourth-order valence-electron chi connectivity index (χ4n) is 4.03. The van der Waals surface area contributed by atoms with E-state index in [4.69, 9.17) is 5.11 Å². The van der Waals surface area contributed by atoms with Crippen LogP contribution in [0.1, 0.15) is 26.3 Å². The van der Waals surface area contributed by atoms with Crippen LogP contribution in [-0.4, -0.2) is 68.4 Å². The number of rotatable bonds is 9. The molecule has 0 radical (unpaired) electrons. The van der Waals surface area contributed by atoms with E-state index in [9.17, 15) is 9.00 Å². The summed E-state index contributed by atoms with van der Waals surface area (Å²) in [6.07, 6.45) is 1.76. The average Bonchev–Trinajstić information content (AvgIpc) is 2.86. The molecule has 1 aromatic heterocycles. The number of hydrogen-bond donors (Lipinski definition) is 4. The summed E-state index contributed by atoms with van der Waals surface area (Å²) >= 11 is 0. The van der Waals surface area contributed by atoms with E-state index in [1.54, 1.807) is 6.20 Å². The quantitative estimate of drug-likeness (QED) is 0.322. The Morgan fingerprint density at radius 2 is 1.74 bits per heavy atom. The van der Waals surface area contributed by atoms with E-state index in [1.807, 2.05) is 81.1 Å². The van der Waals surface area contributed by atoms with Gasteiger partial charge in [0.05, 0.1) is 11.4 Å². The number of piperazine rings is 1. The van der Waals surface area contributed by atoms with E-state index in [0.717, 1.165) is 48.8 Å². The second-order valence-electron chi connectivity index (χ2n) is 10.3. The molecule has 1 aliphatic rings. The van der Waals surface area contributed by atoms with Crippen LogP contribution in [0.2, 0.25) is 0 Å². The van der Waals surface area contributed by atoms with Gasteiger partial charge in [0.15, 0.2) is 0 Å². The van der Waals surface area contributed by atoms with Crippen molar-refractivity contribution < 1.29 is 14.1 Å². The zero-order valence-electron chi connectivity index (χ0n) is 22.2. The fraction of sp³-hybridized carbons (Fsp3) is 0.370. The van der Waals surface area contributed by atoms with Crippen molar-refractivity contribution >= 4 is 45.8 Å². The van der Waals surface area contributed by atoms with Gasteiger partial charge in [-0.1, -0.05) is 6.07 Å². The molecule has 1 aliphatic heterocycles. The maximum Gasteiger partial charge on any atom is 0.317 e. The van der Waals surface area contributed by atoms with Crippen LogP contribution < -0.4 is 20.3 Å². The molecular weight excluding hydrogens is 502 g/mol. The Labute approximate surface area is 226 Å². The highest BCUT2D eigenvalue weighted by atomic mass is 32.2. The third kappa shape index (κ3) is 7.73. The number of aliphatic carboxylic acids is 1. The van der Waals surface area contributed by atoms with Gasteiger partial charge in [-0.25, -0.2) is 13.9 Å². The topological polar surface area (TPSA) is 123 Å². The Balaban J connectivity index is 1.39. The largest absolute Gasteiger partial charge is 0.480 e. The minimum atomic E-state index is -1.33. The van der Waals surface area contributed by atoms with E-state index in [-0.39, 0.29) is 12.1 Å². The average molecular weight is 538 g/mol. The maximum absolute atomic E-state index is 12.7. The summed E-state index contributed by atoms with van der Waals surface area (Å²) in [7, 11) is -1.33. The van der Waals surface area contributed by atoms with Gasteiger partial charge in [-0.2, -0.15) is 4.98 Å². The summed E-state index contributed by atoms with van der Waals surface area (Å²) in [5, 5.41) is 15.6. The second kappa shape index (κ2) is 11.9. The van der Waals surface area contributed by atoms with E-state index in [0.29, 0.717) is 16.7 Å². The van der Waals surface area contributed by atoms with Crippen LogP contribution >= 0.6 is 0 Å². The molecule has 4 N–H and O–H groups in total. The number of carboxylic acid groups (broad SMARTS) is 1. The molecule has 1 unspecified atom stereocenters. The molecule has 0 bridgehead atoms. The molecule has 1 saturated heterocycles. The highest BCUT2D eigenvalue weighted by Gasteiger charge is 2.19. The van der Waals surface area contributed by atoms with Gasteiger partial charge in [0.1, 0.15) is 16.8 Å². The minimum absolute atomic E-state index is 0.0868. The number of nitrogens with zero attached hydrogens (tertiary/aromatic N) is 4. The molecule has 2 heterocycles. The van der Waals surface area contributed by atoms with Crippen LogP contribution in [0.3, 0.4) is 0 Å². The van der Waals surface area contributed by atoms with Gasteiger partial charge in [-0.3, -0.25) is 9.69 Å². The van der Waals surface area contributed by atoms with Gasteiger partial charge in [0, 0.05) is 60.5 Å². The van der Waals surface area contributed by atoms with Crippen molar-refractivity contribution in [2.75, 3.05) is 48.3 Å². The lowest BCUT2D eigenvalue weighted by atomic mass is 10.1. The number of carbonyl (C=O) groups is 1. The van der Waals surface area contributed by atoms with Crippen LogP contribution in [0.25, 0.3) is 0 Å². The number of hydrogen-bond acceptors (Lipinski definition) is 8. The second-order valence-corrected chi connectivity index (χ2v) is 11.5. The third-order valence-corrected chi connectivity index (χ3v) is 7.38. The van der Waals surface area contributed by atoms with E-state index < -0.39 is 17.0 Å². The smallest absolute Gasteiger partial charge is 0.317 e. The first-order valence-electron chi connectivity index (χ1n) is 12.5. The number of nitrogens with one attached hydrogen (secondary N) is 3. The van der Waals surface area contributed by atoms with Gasteiger partial charge in [0.25, 0.3) is 0 Å². The lowest BCUT2D eigenvalue weighted by Gasteiger charge is -2.35. The van der Waals surface area contributed by atoms with Crippen molar-refractivity contribution in [3.05, 3.63) is 60.3 Å². The molecule has 4 rings (SSSR count). The highest BCUT2D eigenvalue weighted by molar-refractivity contribution is 7.83. The molecule has 11 heteroatoms. The zero-order chi connectivity index (χ0) is 27.3. The van der Waals surface area contributed by atoms with Crippen LogP contribution in [0.5, 0.6) is 0 Å². The summed E-state index contributed by atoms with van der Waals surface area (Å²) in [6.45, 7) is 11.0. The minimum Gasteiger partial charge on any atom is -0.480 e. The molecule has 10 nitrogen and oxygen atoms in total. The summed E-state index contributed by atoms with van der Waals surface area (Å²) in [4.78, 5) is 24.9. The monoisotopic (exact) mass is 537 g/mol. The Kier molecular flexibility index (Phi) is 8.60. The molecule has 38 heavy (non-hydrogen) atoms. The van der Waals surface area contributed by atoms with E-state index >= 15 is 0 Å². The summed E-state index contributed by atoms with van der Waals surface area (Å²) in [6, 6.07) is 15.5. The first-order chi connectivity index (χ1) is 18.1. The number of benzene rings is 2. The van der Waals surface area contributed by atoms with Crippen LogP contribution in [0, 0.1) is 6.92 Å². The van der Waals surface area contributed by atoms with Crippen LogP contribution in [0.15, 0.2) is 59.6 Å². The predicted molar refractivity (Wildman–Crippen MR) is 152 cm³/mol. The highest BCUT2D eigenvalue weighted by Crippen LogP contribution is 2.24. The van der Waals surface area contributed by atoms with Crippen molar-refractivity contribution in [1.82, 2.24) is 19.6 Å². The molecule has 202 valence electrons. The number of anilines is 5. The van der Waals surface area contributed by atoms with E-state index in [2.05, 4.69) is 30.2 Å². The molecular formula is C27H35N7O3S. The van der Waals surface area contributed by atoms with Gasteiger partial charge in [0.2, 0.25) is 5.95 Å². The SMILES string of the molecule is Cc1cnc(Nc2ccc(N3CCN(CC(=O)O)CC3)cc2)nc1Nc1cccc(S(=O)NC(C)(C)C)c1. The Morgan fingerprint density at radius 3 is 2.39 bits per heavy atom. The summed E-state index contributed by atoms with van der Waals surface area (Å²) < 4.78 is 15.8. The molecule has 2 aromatic carbocycles. The van der Waals surface area contributed by atoms with Gasteiger partial charge >= 0.3 is 5.97 Å². The Bertz CT molecular complexity index is 1290. The first-order valence-corrected chi connectivity index (χ1v) is 13.7. The zero-order valence-corrected chi connectivity index (χ0v) is 23.0. The molecule has 3 aromatic rings. The third-order valence-electron chi connectivity index (χ3n) is 5.90. The van der Waals surface area contributed by atoms with Crippen molar-refractivity contribution in [1.29, 1.82) is 0 Å². The molecule has 1 atom stereocenters. The number of carboxylic acids is 1. The summed E-state index contributed by atoms with van der Waals surface area (Å²) in [5.41, 5.74) is 3.35. The van der Waals surface area contributed by atoms with Crippen LogP contribution in [-0.2, 0) is 15.8 Å². The van der Waals surface area contributed by atoms with Crippen molar-refractivity contribution in [3.8, 4) is 0 Å². The lowest BCUT2D eigenvalue weighted by molar-refractivity contribution is -0.138. The van der Waals surface area contributed by atoms with E-state index in [1.165, 1.54) is 0 Å². The molecule has 0 spiro atoms. The molecule has 0 saturated carbocycles. The standard InChI is InChI=1S/C27H35N7O3S/c1-19-17-28-26(31-25(19)29-21-6-5-7-23(16-21)38(37)32-27(2,3)4)30-20-8-10-22(11-9-20)34-14-12-33(13-15-34)18-24(35)36/h5-11,16-17,32H,12-15,18H2,1-4H3,(H,35,36)(H2,28,29,30,31). The maximum atomic E-state index is 12.7. The van der Waals surface area contributed by atoms with Crippen molar-refractivity contribution in [2.45, 2.75) is 38.1 Å². The normalized spacial score (nSPS) is 15.2. The summed E-state index contributed by atoms with van der Waals surface area (Å²) in [5.74, 6) is 0.330. The van der Waals surface area contributed by atoms with Gasteiger partial charge in [-0.15, -0.1) is 0 Å². The Hall–Kier alpha value is -3.54. The van der Waals surface area contributed by atoms with Crippen molar-refractivity contribution in [2.24, 2.45) is 0 Å². The lowest BCUT2D eigenvalue weighted by Crippen LogP contribution is -2.47. The molecule has 0 aliphatic carbocycles. The Morgan fingerprint density at radius 1 is 1.03 bits per heavy atom. The number of aromatic nitrogens is 2. The van der Waals surface area contributed by atoms with Crippen LogP contribution in [0.4, 0.5) is 28.8 Å². The first kappa shape index (κ1) is 27.5. The van der Waals surface area contributed by atoms with Gasteiger partial charge < -0.3 is 20.6 Å². The fourth-order valence-corrected chi connectivity index (χ4v) is 5.14. The van der Waals surface area contributed by atoms with Crippen molar-refractivity contribution in [3.63, 3.8) is 0 Å².